The van der Waals surface area contributed by atoms with E-state index in [9.17, 15) is 0 Å². The molecule has 19 heavy (non-hydrogen) atoms. The topological polar surface area (TPSA) is 30.5 Å². The highest BCUT2D eigenvalue weighted by Crippen LogP contribution is 2.28. The number of hydrogen-bond donors (Lipinski definition) is 1. The predicted molar refractivity (Wildman–Crippen MR) is 80.0 cm³/mol. The van der Waals surface area contributed by atoms with Crippen LogP contribution < -0.4 is 14.8 Å². The van der Waals surface area contributed by atoms with E-state index in [-0.39, 0.29) is 0 Å². The first-order chi connectivity index (χ1) is 9.24. The van der Waals surface area contributed by atoms with Crippen molar-refractivity contribution in [3.8, 4) is 11.5 Å². The average molecular weight is 265 g/mol. The summed E-state index contributed by atoms with van der Waals surface area (Å²) in [5, 5.41) is 3.55. The van der Waals surface area contributed by atoms with Gasteiger partial charge >= 0.3 is 0 Å². The van der Waals surface area contributed by atoms with Crippen LogP contribution in [0.1, 0.15) is 45.6 Å². The van der Waals surface area contributed by atoms with E-state index in [1.54, 1.807) is 7.11 Å². The van der Waals surface area contributed by atoms with Gasteiger partial charge in [-0.15, -0.1) is 0 Å². The highest BCUT2D eigenvalue weighted by atomic mass is 16.5. The number of hydrogen-bond acceptors (Lipinski definition) is 3. The van der Waals surface area contributed by atoms with Gasteiger partial charge in [0.25, 0.3) is 0 Å². The Morgan fingerprint density at radius 3 is 2.42 bits per heavy atom. The molecule has 0 aromatic heterocycles. The molecule has 0 saturated heterocycles. The molecule has 0 aliphatic carbocycles. The van der Waals surface area contributed by atoms with Crippen LogP contribution in [-0.4, -0.2) is 19.8 Å². The number of benzene rings is 1. The molecule has 1 aromatic rings. The summed E-state index contributed by atoms with van der Waals surface area (Å²) >= 11 is 0. The van der Waals surface area contributed by atoms with Crippen LogP contribution >= 0.6 is 0 Å². The zero-order chi connectivity index (χ0) is 14.1. The fourth-order valence-electron chi connectivity index (χ4n) is 1.99. The van der Waals surface area contributed by atoms with Gasteiger partial charge in [-0.05, 0) is 37.0 Å². The minimum absolute atomic E-state index is 0.585. The smallest absolute Gasteiger partial charge is 0.161 e. The van der Waals surface area contributed by atoms with E-state index in [1.807, 2.05) is 6.07 Å². The number of rotatable bonds is 9. The lowest BCUT2D eigenvalue weighted by molar-refractivity contribution is 0.294. The Labute approximate surface area is 117 Å². The van der Waals surface area contributed by atoms with E-state index in [0.717, 1.165) is 43.9 Å². The molecule has 0 fully saturated rings. The van der Waals surface area contributed by atoms with Crippen LogP contribution in [0.3, 0.4) is 0 Å². The van der Waals surface area contributed by atoms with Crippen molar-refractivity contribution >= 4 is 0 Å². The summed E-state index contributed by atoms with van der Waals surface area (Å²) in [5.41, 5.74) is 1.23. The predicted octanol–water partition coefficient (Wildman–Crippen LogP) is 3.76. The van der Waals surface area contributed by atoms with Crippen molar-refractivity contribution in [3.63, 3.8) is 0 Å². The molecular weight excluding hydrogens is 238 g/mol. The summed E-state index contributed by atoms with van der Waals surface area (Å²) in [5.74, 6) is 1.65. The fraction of sp³-hybridized carbons (Fsp3) is 0.625. The molecule has 3 nitrogen and oxygen atoms in total. The van der Waals surface area contributed by atoms with Crippen molar-refractivity contribution in [1.82, 2.24) is 5.32 Å². The van der Waals surface area contributed by atoms with Crippen LogP contribution in [0.15, 0.2) is 18.2 Å². The molecule has 1 rings (SSSR count). The van der Waals surface area contributed by atoms with Crippen LogP contribution in [0.2, 0.25) is 0 Å². The Morgan fingerprint density at radius 1 is 1.11 bits per heavy atom. The van der Waals surface area contributed by atoms with Gasteiger partial charge in [0.2, 0.25) is 0 Å². The van der Waals surface area contributed by atoms with Gasteiger partial charge in [-0.1, -0.05) is 26.8 Å². The third kappa shape index (κ3) is 5.11. The first-order valence-electron chi connectivity index (χ1n) is 7.28. The molecule has 1 aromatic carbocycles. The van der Waals surface area contributed by atoms with E-state index >= 15 is 0 Å². The molecule has 0 saturated carbocycles. The standard InChI is InChI=1S/C16H27NO2/c1-5-10-19-15-9-8-13(11-16(15)18-4)12-17-14(6-2)7-3/h8-9,11,14,17H,5-7,10,12H2,1-4H3. The zero-order valence-corrected chi connectivity index (χ0v) is 12.7. The third-order valence-corrected chi connectivity index (χ3v) is 3.27. The summed E-state index contributed by atoms with van der Waals surface area (Å²) < 4.78 is 11.0. The van der Waals surface area contributed by atoms with Crippen molar-refractivity contribution in [2.45, 2.75) is 52.6 Å². The largest absolute Gasteiger partial charge is 0.493 e. The van der Waals surface area contributed by atoms with Crippen LogP contribution in [0, 0.1) is 0 Å². The fourth-order valence-corrected chi connectivity index (χ4v) is 1.99. The van der Waals surface area contributed by atoms with E-state index < -0.39 is 0 Å². The molecule has 0 unspecified atom stereocenters. The summed E-state index contributed by atoms with van der Waals surface area (Å²) in [4.78, 5) is 0. The Bertz CT molecular complexity index is 362. The van der Waals surface area contributed by atoms with Crippen LogP contribution in [-0.2, 0) is 6.54 Å². The normalized spacial score (nSPS) is 10.8. The molecule has 0 amide bonds. The van der Waals surface area contributed by atoms with Crippen LogP contribution in [0.25, 0.3) is 0 Å². The molecule has 0 aliphatic rings. The number of ether oxygens (including phenoxy) is 2. The zero-order valence-electron chi connectivity index (χ0n) is 12.7. The molecule has 1 N–H and O–H groups in total. The molecular formula is C16H27NO2. The van der Waals surface area contributed by atoms with Gasteiger partial charge in [0.15, 0.2) is 11.5 Å². The van der Waals surface area contributed by atoms with Gasteiger partial charge in [0, 0.05) is 12.6 Å². The maximum Gasteiger partial charge on any atom is 0.161 e. The Morgan fingerprint density at radius 2 is 1.84 bits per heavy atom. The second-order valence-electron chi connectivity index (χ2n) is 4.73. The molecule has 0 spiro atoms. The lowest BCUT2D eigenvalue weighted by atomic mass is 10.1. The van der Waals surface area contributed by atoms with Crippen molar-refractivity contribution < 1.29 is 9.47 Å². The van der Waals surface area contributed by atoms with Crippen LogP contribution in [0.4, 0.5) is 0 Å². The number of nitrogens with one attached hydrogen (secondary N) is 1. The van der Waals surface area contributed by atoms with Gasteiger partial charge in [-0.2, -0.15) is 0 Å². The van der Waals surface area contributed by atoms with Gasteiger partial charge in [0.1, 0.15) is 0 Å². The first kappa shape index (κ1) is 15.8. The summed E-state index contributed by atoms with van der Waals surface area (Å²) in [6, 6.07) is 6.74. The van der Waals surface area contributed by atoms with Crippen molar-refractivity contribution in [1.29, 1.82) is 0 Å². The van der Waals surface area contributed by atoms with Gasteiger partial charge in [-0.3, -0.25) is 0 Å². The van der Waals surface area contributed by atoms with E-state index in [4.69, 9.17) is 9.47 Å². The molecule has 108 valence electrons. The summed E-state index contributed by atoms with van der Waals surface area (Å²) in [6.07, 6.45) is 3.32. The highest BCUT2D eigenvalue weighted by Gasteiger charge is 2.07. The number of methoxy groups -OCH3 is 1. The third-order valence-electron chi connectivity index (χ3n) is 3.27. The van der Waals surface area contributed by atoms with Crippen LogP contribution in [0.5, 0.6) is 11.5 Å². The minimum Gasteiger partial charge on any atom is -0.493 e. The van der Waals surface area contributed by atoms with Gasteiger partial charge in [0.05, 0.1) is 13.7 Å². The molecule has 0 radical (unpaired) electrons. The maximum atomic E-state index is 5.65. The highest BCUT2D eigenvalue weighted by molar-refractivity contribution is 5.42. The average Bonchev–Trinajstić information content (AvgIpc) is 2.46. The van der Waals surface area contributed by atoms with E-state index in [2.05, 4.69) is 38.2 Å². The molecule has 0 atom stereocenters. The van der Waals surface area contributed by atoms with Crippen molar-refractivity contribution in [2.75, 3.05) is 13.7 Å². The SMILES string of the molecule is CCCOc1ccc(CNC(CC)CC)cc1OC. The Balaban J connectivity index is 2.65. The second-order valence-corrected chi connectivity index (χ2v) is 4.73. The van der Waals surface area contributed by atoms with E-state index in [1.165, 1.54) is 5.56 Å². The minimum atomic E-state index is 0.585. The lowest BCUT2D eigenvalue weighted by Crippen LogP contribution is -2.26. The molecule has 0 aliphatic heterocycles. The lowest BCUT2D eigenvalue weighted by Gasteiger charge is -2.16. The molecule has 3 heteroatoms. The Hall–Kier alpha value is -1.22. The maximum absolute atomic E-state index is 5.65. The first-order valence-corrected chi connectivity index (χ1v) is 7.28. The molecule has 0 heterocycles. The van der Waals surface area contributed by atoms with Gasteiger partial charge in [-0.25, -0.2) is 0 Å². The monoisotopic (exact) mass is 265 g/mol. The summed E-state index contributed by atoms with van der Waals surface area (Å²) in [6.45, 7) is 8.12. The van der Waals surface area contributed by atoms with Crippen molar-refractivity contribution in [2.24, 2.45) is 0 Å². The summed E-state index contributed by atoms with van der Waals surface area (Å²) in [7, 11) is 1.69. The quantitative estimate of drug-likeness (QED) is 0.737. The second kappa shape index (κ2) is 8.81. The van der Waals surface area contributed by atoms with E-state index in [0.29, 0.717) is 6.04 Å². The molecule has 0 bridgehead atoms. The Kier molecular flexibility index (Phi) is 7.34. The van der Waals surface area contributed by atoms with Crippen molar-refractivity contribution in [3.05, 3.63) is 23.8 Å². The van der Waals surface area contributed by atoms with Gasteiger partial charge < -0.3 is 14.8 Å².